The van der Waals surface area contributed by atoms with E-state index >= 15 is 0 Å². The van der Waals surface area contributed by atoms with Gasteiger partial charge in [-0.25, -0.2) is 0 Å². The summed E-state index contributed by atoms with van der Waals surface area (Å²) >= 11 is 0. The first-order valence-electron chi connectivity index (χ1n) is 23.1. The third-order valence-corrected chi connectivity index (χ3v) is 9.86. The fourth-order valence-corrected chi connectivity index (χ4v) is 6.21. The van der Waals surface area contributed by atoms with Gasteiger partial charge in [0.1, 0.15) is 13.2 Å². The summed E-state index contributed by atoms with van der Waals surface area (Å²) in [6.07, 6.45) is 41.7. The first-order chi connectivity index (χ1) is 27.6. The van der Waals surface area contributed by atoms with Crippen molar-refractivity contribution in [1.82, 2.24) is 0 Å². The van der Waals surface area contributed by atoms with Gasteiger partial charge in [0.25, 0.3) is 0 Å². The Bertz CT molecular complexity index is 1030. The monoisotopic (exact) mass is 806 g/mol. The van der Waals surface area contributed by atoms with Crippen molar-refractivity contribution in [3.05, 3.63) is 36.5 Å². The Hall–Kier alpha value is -2.49. The Morgan fingerprint density at radius 3 is 1.42 bits per heavy atom. The van der Waals surface area contributed by atoms with Gasteiger partial charge >= 0.3 is 11.9 Å². The number of quaternary nitrogens is 1. The molecule has 0 bridgehead atoms. The predicted molar refractivity (Wildman–Crippen MR) is 232 cm³/mol. The van der Waals surface area contributed by atoms with E-state index in [2.05, 4.69) is 50.3 Å². The van der Waals surface area contributed by atoms with Gasteiger partial charge in [-0.05, 0) is 70.6 Å². The largest absolute Gasteiger partial charge is 0.545 e. The summed E-state index contributed by atoms with van der Waals surface area (Å²) in [4.78, 5) is 37.0. The smallest absolute Gasteiger partial charge is 0.306 e. The number of likely N-dealkylation sites (N-methyl/N-ethyl adjacent to an activating group) is 1. The zero-order chi connectivity index (χ0) is 42.1. The number of nitrogens with zero attached hydrogens (tertiary/aromatic N) is 1. The van der Waals surface area contributed by atoms with Crippen LogP contribution in [0.4, 0.5) is 0 Å². The maximum atomic E-state index is 12.7. The molecule has 0 saturated heterocycles. The van der Waals surface area contributed by atoms with Crippen molar-refractivity contribution in [2.45, 2.75) is 206 Å². The number of carboxylic acid groups (broad SMARTS) is 1. The molecule has 2 atom stereocenters. The summed E-state index contributed by atoms with van der Waals surface area (Å²) in [6.45, 7) is 4.69. The van der Waals surface area contributed by atoms with E-state index in [1.165, 1.54) is 83.5 Å². The zero-order valence-corrected chi connectivity index (χ0v) is 37.5. The second kappa shape index (κ2) is 40.3. The molecule has 0 fully saturated rings. The predicted octanol–water partition coefficient (Wildman–Crippen LogP) is 10.9. The lowest BCUT2D eigenvalue weighted by Crippen LogP contribution is -2.44. The quantitative estimate of drug-likeness (QED) is 0.0197. The average molecular weight is 806 g/mol. The second-order valence-corrected chi connectivity index (χ2v) is 16.7. The van der Waals surface area contributed by atoms with Gasteiger partial charge in [-0.3, -0.25) is 9.59 Å². The van der Waals surface area contributed by atoms with Gasteiger partial charge in [0.05, 0.1) is 40.3 Å². The Labute approximate surface area is 350 Å². The minimum atomic E-state index is -1.62. The summed E-state index contributed by atoms with van der Waals surface area (Å²) in [5, 5.41) is 11.7. The average Bonchev–Trinajstić information content (AvgIpc) is 3.17. The van der Waals surface area contributed by atoms with Crippen LogP contribution in [0.25, 0.3) is 0 Å². The maximum absolute atomic E-state index is 12.7. The third kappa shape index (κ3) is 41.5. The van der Waals surface area contributed by atoms with Crippen molar-refractivity contribution in [3.63, 3.8) is 0 Å². The van der Waals surface area contributed by atoms with E-state index in [-0.39, 0.29) is 38.6 Å². The number of ether oxygens (including phenoxy) is 4. The zero-order valence-electron chi connectivity index (χ0n) is 37.5. The van der Waals surface area contributed by atoms with Crippen LogP contribution in [0.5, 0.6) is 0 Å². The number of rotatable bonds is 42. The molecule has 0 aliphatic carbocycles. The minimum absolute atomic E-state index is 0.143. The van der Waals surface area contributed by atoms with E-state index < -0.39 is 24.3 Å². The van der Waals surface area contributed by atoms with Crippen molar-refractivity contribution in [2.24, 2.45) is 0 Å². The molecule has 9 heteroatoms. The number of aliphatic carboxylic acids is 1. The molecule has 2 unspecified atom stereocenters. The number of esters is 2. The van der Waals surface area contributed by atoms with Gasteiger partial charge in [0.2, 0.25) is 0 Å². The Morgan fingerprint density at radius 1 is 0.526 bits per heavy atom. The summed E-state index contributed by atoms with van der Waals surface area (Å²) in [5.74, 6) is -2.31. The highest BCUT2D eigenvalue weighted by molar-refractivity contribution is 5.70. The fourth-order valence-electron chi connectivity index (χ4n) is 6.21. The molecule has 0 radical (unpaired) electrons. The molecule has 0 aromatic heterocycles. The Balaban J connectivity index is 4.46. The molecule has 57 heavy (non-hydrogen) atoms. The first-order valence-corrected chi connectivity index (χ1v) is 23.1. The van der Waals surface area contributed by atoms with Gasteiger partial charge in [0, 0.05) is 12.8 Å². The molecule has 0 aromatic rings. The summed E-state index contributed by atoms with van der Waals surface area (Å²) in [7, 11) is 5.90. The summed E-state index contributed by atoms with van der Waals surface area (Å²) in [5.41, 5.74) is 0. The highest BCUT2D eigenvalue weighted by Gasteiger charge is 2.21. The summed E-state index contributed by atoms with van der Waals surface area (Å²) in [6, 6.07) is 0. The molecule has 0 N–H and O–H groups in total. The van der Waals surface area contributed by atoms with E-state index in [1.807, 2.05) is 21.1 Å². The van der Waals surface area contributed by atoms with E-state index in [0.29, 0.717) is 17.4 Å². The first kappa shape index (κ1) is 54.5. The van der Waals surface area contributed by atoms with Crippen LogP contribution in [0.3, 0.4) is 0 Å². The van der Waals surface area contributed by atoms with Crippen LogP contribution in [-0.4, -0.2) is 82.3 Å². The minimum Gasteiger partial charge on any atom is -0.545 e. The van der Waals surface area contributed by atoms with Crippen LogP contribution in [0.15, 0.2) is 36.5 Å². The molecule has 0 rings (SSSR count). The molecule has 0 heterocycles. The molecular formula is C48H87NO8. The number of carboxylic acids is 1. The maximum Gasteiger partial charge on any atom is 0.306 e. The number of unbranched alkanes of at least 4 members (excludes halogenated alkanes) is 21. The number of carbonyl (C=O) groups is 3. The van der Waals surface area contributed by atoms with Crippen LogP contribution in [0, 0.1) is 0 Å². The molecular weight excluding hydrogens is 719 g/mol. The lowest BCUT2D eigenvalue weighted by atomic mass is 10.1. The standard InChI is InChI=1S/C48H87NO8/c1-6-8-10-12-14-16-18-20-22-24-26-28-30-32-34-36-38-45(50)55-42-44(43-56-48(47(52)53)54-41-40-49(3,4)5)57-46(51)39-37-35-33-31-29-27-25-23-21-19-17-15-13-11-9-7-2/h17,19,22-25,44,48H,6-16,18,20-21,26-43H2,1-5H3/b19-17-,24-22-,25-23-. The lowest BCUT2D eigenvalue weighted by molar-refractivity contribution is -0.870. The second-order valence-electron chi connectivity index (χ2n) is 16.7. The van der Waals surface area contributed by atoms with Crippen LogP contribution >= 0.6 is 0 Å². The molecule has 0 spiro atoms. The number of hydrogen-bond acceptors (Lipinski definition) is 8. The normalized spacial score (nSPS) is 13.2. The van der Waals surface area contributed by atoms with Gasteiger partial charge in [0.15, 0.2) is 12.4 Å². The SMILES string of the molecule is CCCCCC/C=C\C/C=C\CCCCCCCC(=O)OC(COC(=O)CCCCCCC/C=C\CCCCCCCCC)COC(OCC[N+](C)(C)C)C(=O)[O-]. The molecule has 9 nitrogen and oxygen atoms in total. The number of carbonyl (C=O) groups excluding carboxylic acids is 3. The van der Waals surface area contributed by atoms with Crippen LogP contribution in [0.1, 0.15) is 194 Å². The van der Waals surface area contributed by atoms with Crippen LogP contribution < -0.4 is 5.11 Å². The van der Waals surface area contributed by atoms with E-state index in [1.54, 1.807) is 0 Å². The van der Waals surface area contributed by atoms with E-state index in [9.17, 15) is 19.5 Å². The highest BCUT2D eigenvalue weighted by atomic mass is 16.7. The van der Waals surface area contributed by atoms with Crippen molar-refractivity contribution >= 4 is 17.9 Å². The Morgan fingerprint density at radius 2 is 0.947 bits per heavy atom. The topological polar surface area (TPSA) is 111 Å². The molecule has 0 amide bonds. The molecule has 0 aromatic carbocycles. The van der Waals surface area contributed by atoms with Crippen LogP contribution in [0.2, 0.25) is 0 Å². The van der Waals surface area contributed by atoms with Gasteiger partial charge in [-0.1, -0.05) is 147 Å². The van der Waals surface area contributed by atoms with Gasteiger partial charge in [-0.15, -0.1) is 0 Å². The van der Waals surface area contributed by atoms with Crippen molar-refractivity contribution in [1.29, 1.82) is 0 Å². The number of hydrogen-bond donors (Lipinski definition) is 0. The molecule has 0 aliphatic rings. The number of allylic oxidation sites excluding steroid dienone is 6. The molecule has 332 valence electrons. The summed E-state index contributed by atoms with van der Waals surface area (Å²) < 4.78 is 22.5. The van der Waals surface area contributed by atoms with Crippen LogP contribution in [-0.2, 0) is 33.3 Å². The fraction of sp³-hybridized carbons (Fsp3) is 0.812. The molecule has 0 saturated carbocycles. The Kier molecular flexibility index (Phi) is 38.5. The third-order valence-electron chi connectivity index (χ3n) is 9.86. The van der Waals surface area contributed by atoms with E-state index in [0.717, 1.165) is 77.0 Å². The van der Waals surface area contributed by atoms with Gasteiger partial charge < -0.3 is 33.3 Å². The molecule has 0 aliphatic heterocycles. The van der Waals surface area contributed by atoms with Crippen molar-refractivity contribution in [3.8, 4) is 0 Å². The van der Waals surface area contributed by atoms with Crippen molar-refractivity contribution in [2.75, 3.05) is 47.5 Å². The lowest BCUT2D eigenvalue weighted by Gasteiger charge is -2.26. The van der Waals surface area contributed by atoms with Crippen molar-refractivity contribution < 1.29 is 42.9 Å². The van der Waals surface area contributed by atoms with E-state index in [4.69, 9.17) is 18.9 Å². The van der Waals surface area contributed by atoms with Gasteiger partial charge in [-0.2, -0.15) is 0 Å². The highest BCUT2D eigenvalue weighted by Crippen LogP contribution is 2.13.